The molecule has 5 nitrogen and oxygen atoms in total. The van der Waals surface area contributed by atoms with Gasteiger partial charge in [-0.15, -0.1) is 11.3 Å². The molecule has 32 heavy (non-hydrogen) atoms. The first-order chi connectivity index (χ1) is 15.2. The average molecular weight is 468 g/mol. The molecule has 0 atom stereocenters. The van der Waals surface area contributed by atoms with E-state index < -0.39 is 52.0 Å². The number of amides is 1. The Morgan fingerprint density at radius 2 is 1.62 bits per heavy atom. The summed E-state index contributed by atoms with van der Waals surface area (Å²) in [6.07, 6.45) is -4.40. The van der Waals surface area contributed by atoms with Crippen molar-refractivity contribution in [3.8, 4) is 16.9 Å². The number of nitrogens with zero attached hydrogens (tertiary/aromatic N) is 3. The molecule has 2 aromatic heterocycles. The molecule has 0 saturated heterocycles. The minimum atomic E-state index is -5.05. The Hall–Kier alpha value is -3.67. The first-order valence-electron chi connectivity index (χ1n) is 8.78. The van der Waals surface area contributed by atoms with Crippen molar-refractivity contribution in [1.29, 1.82) is 0 Å². The second kappa shape index (κ2) is 8.11. The van der Waals surface area contributed by atoms with E-state index >= 15 is 0 Å². The molecular formula is C20H10F6N4OS. The molecule has 0 unspecified atom stereocenters. The van der Waals surface area contributed by atoms with Crippen molar-refractivity contribution >= 4 is 22.4 Å². The van der Waals surface area contributed by atoms with Crippen molar-refractivity contribution in [1.82, 2.24) is 14.8 Å². The normalized spacial score (nSPS) is 11.6. The van der Waals surface area contributed by atoms with E-state index in [1.807, 2.05) is 0 Å². The first kappa shape index (κ1) is 21.6. The average Bonchev–Trinajstić information content (AvgIpc) is 3.35. The monoisotopic (exact) mass is 468 g/mol. The molecule has 0 saturated carbocycles. The second-order valence-corrected chi connectivity index (χ2v) is 7.21. The number of rotatable bonds is 4. The van der Waals surface area contributed by atoms with Gasteiger partial charge in [-0.3, -0.25) is 10.1 Å². The third kappa shape index (κ3) is 3.96. The number of halogens is 6. The molecule has 0 bridgehead atoms. The summed E-state index contributed by atoms with van der Waals surface area (Å²) < 4.78 is 83.3. The highest BCUT2D eigenvalue weighted by atomic mass is 32.1. The lowest BCUT2D eigenvalue weighted by molar-refractivity contribution is -0.143. The number of anilines is 1. The molecule has 4 rings (SSSR count). The van der Waals surface area contributed by atoms with Crippen molar-refractivity contribution in [2.75, 3.05) is 5.32 Å². The first-order valence-corrected chi connectivity index (χ1v) is 9.66. The van der Waals surface area contributed by atoms with Crippen molar-refractivity contribution in [2.45, 2.75) is 6.18 Å². The lowest BCUT2D eigenvalue weighted by atomic mass is 10.1. The smallest absolute Gasteiger partial charge is 0.298 e. The Bertz CT molecular complexity index is 1290. The molecule has 2 heterocycles. The molecule has 2 aromatic carbocycles. The van der Waals surface area contributed by atoms with E-state index in [1.165, 1.54) is 17.5 Å². The number of thiazole rings is 1. The lowest BCUT2D eigenvalue weighted by Gasteiger charge is -2.13. The number of aromatic nitrogens is 3. The van der Waals surface area contributed by atoms with Crippen LogP contribution in [-0.4, -0.2) is 20.7 Å². The van der Waals surface area contributed by atoms with Crippen LogP contribution in [-0.2, 0) is 6.18 Å². The van der Waals surface area contributed by atoms with Crippen LogP contribution in [0.3, 0.4) is 0 Å². The van der Waals surface area contributed by atoms with Crippen molar-refractivity contribution < 1.29 is 31.1 Å². The largest absolute Gasteiger partial charge is 0.434 e. The van der Waals surface area contributed by atoms with Gasteiger partial charge >= 0.3 is 6.18 Å². The zero-order valence-electron chi connectivity index (χ0n) is 15.6. The van der Waals surface area contributed by atoms with Crippen LogP contribution in [0, 0.1) is 17.5 Å². The summed E-state index contributed by atoms with van der Waals surface area (Å²) in [5.41, 5.74) is -3.44. The molecule has 12 heteroatoms. The molecule has 0 aliphatic rings. The lowest BCUT2D eigenvalue weighted by Crippen LogP contribution is -2.21. The Labute approximate surface area is 180 Å². The summed E-state index contributed by atoms with van der Waals surface area (Å²) in [5.74, 6) is -3.98. The minimum Gasteiger partial charge on any atom is -0.298 e. The summed E-state index contributed by atoms with van der Waals surface area (Å²) in [7, 11) is 0. The topological polar surface area (TPSA) is 59.8 Å². The molecular weight excluding hydrogens is 458 g/mol. The maximum absolute atomic E-state index is 14.0. The van der Waals surface area contributed by atoms with Gasteiger partial charge in [0.05, 0.1) is 23.0 Å². The van der Waals surface area contributed by atoms with Gasteiger partial charge < -0.3 is 0 Å². The molecule has 0 aliphatic heterocycles. The van der Waals surface area contributed by atoms with Crippen LogP contribution < -0.4 is 5.32 Å². The van der Waals surface area contributed by atoms with Crippen LogP contribution in [0.4, 0.5) is 31.5 Å². The van der Waals surface area contributed by atoms with E-state index in [0.29, 0.717) is 6.20 Å². The van der Waals surface area contributed by atoms with Crippen LogP contribution >= 0.6 is 11.3 Å². The molecule has 1 amide bonds. The maximum atomic E-state index is 14.0. The van der Waals surface area contributed by atoms with Gasteiger partial charge in [-0.25, -0.2) is 22.8 Å². The van der Waals surface area contributed by atoms with Gasteiger partial charge in [0, 0.05) is 5.38 Å². The third-order valence-corrected chi connectivity index (χ3v) is 5.06. The highest BCUT2D eigenvalue weighted by molar-refractivity contribution is 7.14. The predicted octanol–water partition coefficient (Wildman–Crippen LogP) is 5.68. The fourth-order valence-electron chi connectivity index (χ4n) is 2.95. The number of carbonyl (C=O) groups is 1. The minimum absolute atomic E-state index is 0.140. The number of alkyl halides is 3. The molecule has 4 aromatic rings. The van der Waals surface area contributed by atoms with Crippen molar-refractivity contribution in [3.05, 3.63) is 82.8 Å². The summed E-state index contributed by atoms with van der Waals surface area (Å²) in [4.78, 5) is 16.4. The fraction of sp³-hybridized carbons (Fsp3) is 0.0500. The van der Waals surface area contributed by atoms with E-state index in [9.17, 15) is 31.1 Å². The Morgan fingerprint density at radius 3 is 2.28 bits per heavy atom. The highest BCUT2D eigenvalue weighted by Gasteiger charge is 2.41. The van der Waals surface area contributed by atoms with E-state index in [2.05, 4.69) is 15.4 Å². The number of carbonyl (C=O) groups excluding carboxylic acids is 1. The molecule has 1 N–H and O–H groups in total. The zero-order valence-corrected chi connectivity index (χ0v) is 16.4. The van der Waals surface area contributed by atoms with Crippen molar-refractivity contribution in [2.24, 2.45) is 0 Å². The molecule has 0 spiro atoms. The Kier molecular flexibility index (Phi) is 5.46. The van der Waals surface area contributed by atoms with Crippen LogP contribution in [0.5, 0.6) is 0 Å². The highest BCUT2D eigenvalue weighted by Crippen LogP contribution is 2.35. The van der Waals surface area contributed by atoms with E-state index in [0.717, 1.165) is 41.7 Å². The van der Waals surface area contributed by atoms with E-state index in [1.54, 1.807) is 0 Å². The fourth-order valence-corrected chi connectivity index (χ4v) is 3.64. The van der Waals surface area contributed by atoms with E-state index in [4.69, 9.17) is 0 Å². The number of benzene rings is 2. The van der Waals surface area contributed by atoms with Gasteiger partial charge in [0.15, 0.2) is 10.8 Å². The SMILES string of the molecule is O=C(Nc1nc(-c2c(F)cccc2F)cs1)c1cnn(-c2ccccc2F)c1C(F)(F)F. The van der Waals surface area contributed by atoms with Gasteiger partial charge in [0.1, 0.15) is 23.1 Å². The number of nitrogens with one attached hydrogen (secondary N) is 1. The molecule has 0 radical (unpaired) electrons. The Balaban J connectivity index is 1.68. The number of para-hydroxylation sites is 1. The summed E-state index contributed by atoms with van der Waals surface area (Å²) in [6, 6.07) is 7.84. The van der Waals surface area contributed by atoms with Crippen molar-refractivity contribution in [3.63, 3.8) is 0 Å². The Morgan fingerprint density at radius 1 is 0.969 bits per heavy atom. The van der Waals surface area contributed by atoms with Crippen LogP contribution in [0.25, 0.3) is 16.9 Å². The summed E-state index contributed by atoms with van der Waals surface area (Å²) in [5, 5.41) is 6.73. The predicted molar refractivity (Wildman–Crippen MR) is 104 cm³/mol. The van der Waals surface area contributed by atoms with Gasteiger partial charge in [-0.2, -0.15) is 18.3 Å². The third-order valence-electron chi connectivity index (χ3n) is 4.31. The number of hydrogen-bond acceptors (Lipinski definition) is 4. The summed E-state index contributed by atoms with van der Waals surface area (Å²) >= 11 is 0.759. The molecule has 0 fully saturated rings. The van der Waals surface area contributed by atoms with Crippen LogP contribution in [0.2, 0.25) is 0 Å². The molecule has 164 valence electrons. The zero-order chi connectivity index (χ0) is 23.0. The number of hydrogen-bond donors (Lipinski definition) is 1. The molecule has 0 aliphatic carbocycles. The van der Waals surface area contributed by atoms with Gasteiger partial charge in [0.25, 0.3) is 5.91 Å². The second-order valence-electron chi connectivity index (χ2n) is 6.36. The van der Waals surface area contributed by atoms with Crippen LogP contribution in [0.1, 0.15) is 16.1 Å². The van der Waals surface area contributed by atoms with Crippen LogP contribution in [0.15, 0.2) is 54.0 Å². The van der Waals surface area contributed by atoms with Gasteiger partial charge in [-0.1, -0.05) is 18.2 Å². The maximum Gasteiger partial charge on any atom is 0.434 e. The van der Waals surface area contributed by atoms with E-state index in [-0.39, 0.29) is 15.5 Å². The summed E-state index contributed by atoms with van der Waals surface area (Å²) in [6.45, 7) is 0. The standard InChI is InChI=1S/C20H10F6N4OS/c21-11-4-1-2-7-15(11)30-17(20(24,25)26)10(8-27-30)18(31)29-19-28-14(9-32-19)16-12(22)5-3-6-13(16)23/h1-9H,(H,28,29,31). The van der Waals surface area contributed by atoms with Gasteiger partial charge in [0.2, 0.25) is 0 Å². The van der Waals surface area contributed by atoms with Gasteiger partial charge in [-0.05, 0) is 24.3 Å². The quantitative estimate of drug-likeness (QED) is 0.392.